The Balaban J connectivity index is 0.892. The molecule has 0 fully saturated rings. The zero-order valence-corrected chi connectivity index (χ0v) is 40.0. The van der Waals surface area contributed by atoms with Gasteiger partial charge in [-0.25, -0.2) is 0 Å². The SMILES string of the molecule is c1ccc(C2(c3ccccc3)c3ccccc3-c3c(N(c4ccc(-c5cccc(-c6cccc(-c7ccc8ccccc8c7)c6)c5)cc4)c4ccc(-c5ccc6oc7ccccc7c6c5)cc4)cccc32)cc1. The first-order valence-electron chi connectivity index (χ1n) is 25.1. The van der Waals surface area contributed by atoms with E-state index in [-0.39, 0.29) is 0 Å². The summed E-state index contributed by atoms with van der Waals surface area (Å²) >= 11 is 0. The number of benzene rings is 12. The van der Waals surface area contributed by atoms with Crippen LogP contribution in [0, 0.1) is 0 Å². The number of rotatable bonds is 9. The molecule has 0 atom stereocenters. The van der Waals surface area contributed by atoms with Crippen LogP contribution in [0.1, 0.15) is 22.3 Å². The van der Waals surface area contributed by atoms with E-state index in [0.29, 0.717) is 0 Å². The van der Waals surface area contributed by atoms with E-state index >= 15 is 0 Å². The zero-order chi connectivity index (χ0) is 48.3. The maximum Gasteiger partial charge on any atom is 0.135 e. The van der Waals surface area contributed by atoms with Crippen LogP contribution < -0.4 is 4.90 Å². The molecule has 14 rings (SSSR count). The summed E-state index contributed by atoms with van der Waals surface area (Å²) in [6.45, 7) is 0. The van der Waals surface area contributed by atoms with Gasteiger partial charge in [0.05, 0.1) is 11.1 Å². The molecule has 342 valence electrons. The minimum atomic E-state index is -0.528. The first-order valence-corrected chi connectivity index (χ1v) is 25.1. The quantitative estimate of drug-likeness (QED) is 0.143. The molecule has 0 saturated carbocycles. The van der Waals surface area contributed by atoms with Gasteiger partial charge >= 0.3 is 0 Å². The number of nitrogens with zero attached hydrogens (tertiary/aromatic N) is 1. The van der Waals surface area contributed by atoms with Crippen molar-refractivity contribution in [2.24, 2.45) is 0 Å². The lowest BCUT2D eigenvalue weighted by Crippen LogP contribution is -2.28. The summed E-state index contributed by atoms with van der Waals surface area (Å²) in [5, 5.41) is 4.75. The number of para-hydroxylation sites is 1. The predicted molar refractivity (Wildman–Crippen MR) is 305 cm³/mol. The van der Waals surface area contributed by atoms with Crippen molar-refractivity contribution in [1.82, 2.24) is 0 Å². The monoisotopic (exact) mass is 929 g/mol. The summed E-state index contributed by atoms with van der Waals surface area (Å²) < 4.78 is 6.21. The minimum absolute atomic E-state index is 0.528. The van der Waals surface area contributed by atoms with E-state index in [1.165, 1.54) is 72.0 Å². The molecule has 0 saturated heterocycles. The molecule has 1 aliphatic carbocycles. The van der Waals surface area contributed by atoms with E-state index < -0.39 is 5.41 Å². The Kier molecular flexibility index (Phi) is 10.1. The Morgan fingerprint density at radius 2 is 0.767 bits per heavy atom. The molecule has 12 aromatic carbocycles. The van der Waals surface area contributed by atoms with E-state index in [2.05, 4.69) is 278 Å². The Morgan fingerprint density at radius 1 is 0.288 bits per heavy atom. The number of furan rings is 1. The van der Waals surface area contributed by atoms with E-state index in [1.54, 1.807) is 0 Å². The number of fused-ring (bicyclic) bond motifs is 7. The van der Waals surface area contributed by atoms with Crippen LogP contribution in [-0.2, 0) is 5.41 Å². The second-order valence-corrected chi connectivity index (χ2v) is 19.2. The summed E-state index contributed by atoms with van der Waals surface area (Å²) in [6, 6.07) is 104. The van der Waals surface area contributed by atoms with Crippen LogP contribution in [0.4, 0.5) is 17.1 Å². The van der Waals surface area contributed by atoms with Gasteiger partial charge in [0.1, 0.15) is 11.2 Å². The molecule has 0 aliphatic heterocycles. The topological polar surface area (TPSA) is 16.4 Å². The first-order chi connectivity index (χ1) is 36.2. The van der Waals surface area contributed by atoms with Crippen molar-refractivity contribution in [3.8, 4) is 55.6 Å². The normalized spacial score (nSPS) is 12.5. The Morgan fingerprint density at radius 3 is 1.44 bits per heavy atom. The predicted octanol–water partition coefficient (Wildman–Crippen LogP) is 19.2. The van der Waals surface area contributed by atoms with Crippen molar-refractivity contribution < 1.29 is 4.42 Å². The third-order valence-corrected chi connectivity index (χ3v) is 15.1. The van der Waals surface area contributed by atoms with Crippen molar-refractivity contribution in [3.05, 3.63) is 307 Å². The van der Waals surface area contributed by atoms with Crippen molar-refractivity contribution in [2.45, 2.75) is 5.41 Å². The van der Waals surface area contributed by atoms with Crippen LogP contribution in [0.15, 0.2) is 290 Å². The Labute approximate surface area is 425 Å². The molecule has 0 unspecified atom stereocenters. The summed E-state index contributed by atoms with van der Waals surface area (Å²) in [5.41, 5.74) is 21.5. The fourth-order valence-corrected chi connectivity index (χ4v) is 11.7. The molecule has 0 radical (unpaired) electrons. The molecule has 2 nitrogen and oxygen atoms in total. The van der Waals surface area contributed by atoms with Gasteiger partial charge in [-0.3, -0.25) is 0 Å². The molecular formula is C71H47NO. The standard InChI is InChI=1S/C71H47NO/c1-3-22-58(23-4-1)71(59-24-5-2-6-25-59)65-28-11-9-27-63(65)70-66(71)29-15-30-67(70)72(61-41-36-50(37-42-61)57-38-43-69-64(47-57)62-26-10-12-31-68(62)73-69)60-39-34-49(35-40-60)52-18-13-19-53(44-52)54-20-14-21-55(46-54)56-33-32-48-16-7-8-17-51(48)45-56/h1-47H. The maximum atomic E-state index is 6.21. The van der Waals surface area contributed by atoms with Crippen LogP contribution in [0.25, 0.3) is 88.3 Å². The largest absolute Gasteiger partial charge is 0.456 e. The first kappa shape index (κ1) is 42.4. The van der Waals surface area contributed by atoms with Gasteiger partial charge in [0.2, 0.25) is 0 Å². The van der Waals surface area contributed by atoms with Gasteiger partial charge in [-0.15, -0.1) is 0 Å². The lowest BCUT2D eigenvalue weighted by Gasteiger charge is -2.34. The van der Waals surface area contributed by atoms with Gasteiger partial charge < -0.3 is 9.32 Å². The van der Waals surface area contributed by atoms with Crippen molar-refractivity contribution >= 4 is 49.8 Å². The highest BCUT2D eigenvalue weighted by atomic mass is 16.3. The van der Waals surface area contributed by atoms with Gasteiger partial charge in [-0.1, -0.05) is 218 Å². The molecule has 73 heavy (non-hydrogen) atoms. The maximum absolute atomic E-state index is 6.21. The molecule has 1 aromatic heterocycles. The van der Waals surface area contributed by atoms with E-state index in [1.807, 2.05) is 12.1 Å². The van der Waals surface area contributed by atoms with E-state index in [9.17, 15) is 0 Å². The molecule has 1 heterocycles. The average Bonchev–Trinajstić information content (AvgIpc) is 4.05. The van der Waals surface area contributed by atoms with E-state index in [0.717, 1.165) is 55.7 Å². The van der Waals surface area contributed by atoms with Crippen molar-refractivity contribution in [3.63, 3.8) is 0 Å². The second kappa shape index (κ2) is 17.4. The second-order valence-electron chi connectivity index (χ2n) is 19.2. The summed E-state index contributed by atoms with van der Waals surface area (Å²) in [5.74, 6) is 0. The molecule has 0 amide bonds. The number of hydrogen-bond donors (Lipinski definition) is 0. The molecule has 0 bridgehead atoms. The van der Waals surface area contributed by atoms with Gasteiger partial charge in [0.15, 0.2) is 0 Å². The Hall–Kier alpha value is -9.50. The molecule has 0 N–H and O–H groups in total. The molecule has 1 aliphatic rings. The van der Waals surface area contributed by atoms with Crippen LogP contribution in [0.5, 0.6) is 0 Å². The third-order valence-electron chi connectivity index (χ3n) is 15.1. The molecular weight excluding hydrogens is 883 g/mol. The van der Waals surface area contributed by atoms with Crippen LogP contribution in [-0.4, -0.2) is 0 Å². The van der Waals surface area contributed by atoms with Crippen LogP contribution >= 0.6 is 0 Å². The van der Waals surface area contributed by atoms with Crippen molar-refractivity contribution in [2.75, 3.05) is 4.90 Å². The van der Waals surface area contributed by atoms with Gasteiger partial charge in [0, 0.05) is 27.7 Å². The smallest absolute Gasteiger partial charge is 0.135 e. The summed E-state index contributed by atoms with van der Waals surface area (Å²) in [7, 11) is 0. The lowest BCUT2D eigenvalue weighted by atomic mass is 9.68. The minimum Gasteiger partial charge on any atom is -0.456 e. The van der Waals surface area contributed by atoms with Gasteiger partial charge in [-0.05, 0) is 150 Å². The zero-order valence-electron chi connectivity index (χ0n) is 40.0. The highest BCUT2D eigenvalue weighted by Gasteiger charge is 2.47. The molecule has 0 spiro atoms. The fraction of sp³-hybridized carbons (Fsp3) is 0.0141. The average molecular weight is 930 g/mol. The molecule has 13 aromatic rings. The van der Waals surface area contributed by atoms with Gasteiger partial charge in [0.25, 0.3) is 0 Å². The highest BCUT2D eigenvalue weighted by Crippen LogP contribution is 2.59. The van der Waals surface area contributed by atoms with Gasteiger partial charge in [-0.2, -0.15) is 0 Å². The molecule has 2 heteroatoms. The Bertz CT molecular complexity index is 4150. The van der Waals surface area contributed by atoms with Crippen molar-refractivity contribution in [1.29, 1.82) is 0 Å². The number of hydrogen-bond acceptors (Lipinski definition) is 2. The van der Waals surface area contributed by atoms with Crippen LogP contribution in [0.3, 0.4) is 0 Å². The van der Waals surface area contributed by atoms with Crippen LogP contribution in [0.2, 0.25) is 0 Å². The summed E-state index contributed by atoms with van der Waals surface area (Å²) in [6.07, 6.45) is 0. The number of anilines is 3. The highest BCUT2D eigenvalue weighted by molar-refractivity contribution is 6.06. The lowest BCUT2D eigenvalue weighted by molar-refractivity contribution is 0.669. The summed E-state index contributed by atoms with van der Waals surface area (Å²) in [4.78, 5) is 2.46. The third kappa shape index (κ3) is 7.10. The van der Waals surface area contributed by atoms with E-state index in [4.69, 9.17) is 4.42 Å². The fourth-order valence-electron chi connectivity index (χ4n) is 11.7.